The Bertz CT molecular complexity index is 1230. The maximum absolute atomic E-state index is 13.6. The van der Waals surface area contributed by atoms with E-state index >= 15 is 0 Å². The third-order valence-electron chi connectivity index (χ3n) is 4.98. The van der Waals surface area contributed by atoms with Crippen LogP contribution in [-0.2, 0) is 13.2 Å². The zero-order chi connectivity index (χ0) is 26.0. The van der Waals surface area contributed by atoms with Gasteiger partial charge >= 0.3 is 6.18 Å². The highest BCUT2D eigenvalue weighted by atomic mass is 35.5. The number of alkyl halides is 5. The van der Waals surface area contributed by atoms with Gasteiger partial charge in [-0.05, 0) is 30.5 Å². The molecule has 3 rings (SSSR count). The number of allylic oxidation sites excluding steroid dienone is 1. The van der Waals surface area contributed by atoms with E-state index in [-0.39, 0.29) is 21.7 Å². The number of nitrogens with one attached hydrogen (secondary N) is 1. The Morgan fingerprint density at radius 3 is 2.69 bits per heavy atom. The molecule has 1 fully saturated rings. The predicted octanol–water partition coefficient (Wildman–Crippen LogP) is 4.22. The summed E-state index contributed by atoms with van der Waals surface area (Å²) in [5, 5.41) is 15.4. The van der Waals surface area contributed by atoms with Gasteiger partial charge in [-0.15, -0.1) is 5.10 Å². The number of aromatic nitrogens is 2. The quantitative estimate of drug-likeness (QED) is 0.402. The van der Waals surface area contributed by atoms with Crippen molar-refractivity contribution >= 4 is 35.1 Å². The first-order valence-electron chi connectivity index (χ1n) is 9.95. The smallest absolute Gasteiger partial charge is 0.425 e. The summed E-state index contributed by atoms with van der Waals surface area (Å²) in [7, 11) is 1.14. The van der Waals surface area contributed by atoms with Gasteiger partial charge in [-0.2, -0.15) is 18.4 Å². The number of amides is 1. The van der Waals surface area contributed by atoms with Crippen molar-refractivity contribution < 1.29 is 31.5 Å². The van der Waals surface area contributed by atoms with Crippen molar-refractivity contribution in [3.05, 3.63) is 46.1 Å². The first kappa shape index (κ1) is 26.0. The highest BCUT2D eigenvalue weighted by Crippen LogP contribution is 2.42. The highest BCUT2D eigenvalue weighted by molar-refractivity contribution is 6.34. The zero-order valence-electron chi connectivity index (χ0n) is 18.0. The molecule has 1 aromatic heterocycles. The number of hydrogen-bond donors (Lipinski definition) is 2. The van der Waals surface area contributed by atoms with E-state index in [0.29, 0.717) is 12.8 Å². The highest BCUT2D eigenvalue weighted by Gasteiger charge is 2.45. The van der Waals surface area contributed by atoms with Gasteiger partial charge in [-0.3, -0.25) is 4.79 Å². The van der Waals surface area contributed by atoms with Crippen LogP contribution in [-0.4, -0.2) is 40.5 Å². The van der Waals surface area contributed by atoms with Crippen molar-refractivity contribution in [2.45, 2.75) is 31.0 Å². The van der Waals surface area contributed by atoms with Crippen molar-refractivity contribution in [3.63, 3.8) is 0 Å². The van der Waals surface area contributed by atoms with Crippen LogP contribution in [0.5, 0.6) is 5.88 Å². The lowest BCUT2D eigenvalue weighted by atomic mass is 10.0. The van der Waals surface area contributed by atoms with E-state index in [2.05, 4.69) is 20.1 Å². The fraction of sp³-hybridized carbons (Fsp3) is 0.333. The largest absolute Gasteiger partial charge is 0.470 e. The topological polar surface area (TPSA) is 118 Å². The second kappa shape index (κ2) is 9.91. The molecule has 1 aromatic carbocycles. The van der Waals surface area contributed by atoms with E-state index in [4.69, 9.17) is 17.3 Å². The minimum absolute atomic E-state index is 0.0256. The molecular formula is C21H18ClF5N6O2. The van der Waals surface area contributed by atoms with Gasteiger partial charge < -0.3 is 15.8 Å². The van der Waals surface area contributed by atoms with E-state index in [1.54, 1.807) is 0 Å². The molecule has 186 valence electrons. The lowest BCUT2D eigenvalue weighted by molar-refractivity contribution is -0.138. The van der Waals surface area contributed by atoms with E-state index in [1.807, 2.05) is 6.07 Å². The molecule has 14 heteroatoms. The number of carbonyl (C=O) groups excluding carboxylic acids is 1. The van der Waals surface area contributed by atoms with Gasteiger partial charge in [0.2, 0.25) is 5.88 Å². The summed E-state index contributed by atoms with van der Waals surface area (Å²) < 4.78 is 71.0. The third-order valence-corrected chi connectivity index (χ3v) is 5.31. The van der Waals surface area contributed by atoms with Crippen molar-refractivity contribution in [2.24, 2.45) is 17.8 Å². The Hall–Kier alpha value is -3.66. The Kier molecular flexibility index (Phi) is 7.35. The number of aryl methyl sites for hydroxylation is 1. The minimum atomic E-state index is -5.00. The Morgan fingerprint density at radius 1 is 1.46 bits per heavy atom. The molecule has 8 nitrogen and oxygen atoms in total. The van der Waals surface area contributed by atoms with Gasteiger partial charge in [0.25, 0.3) is 12.3 Å². The number of carbonyl (C=O) groups is 1. The first-order chi connectivity index (χ1) is 16.4. The summed E-state index contributed by atoms with van der Waals surface area (Å²) >= 11 is 6.12. The third kappa shape index (κ3) is 5.89. The molecule has 35 heavy (non-hydrogen) atoms. The van der Waals surface area contributed by atoms with Crippen LogP contribution in [0, 0.1) is 11.3 Å². The van der Waals surface area contributed by atoms with Gasteiger partial charge in [0.15, 0.2) is 18.0 Å². The molecule has 0 radical (unpaired) electrons. The number of benzene rings is 1. The monoisotopic (exact) mass is 516 g/mol. The zero-order valence-corrected chi connectivity index (χ0v) is 18.8. The fourth-order valence-corrected chi connectivity index (χ4v) is 3.23. The number of rotatable bonds is 8. The van der Waals surface area contributed by atoms with E-state index in [0.717, 1.165) is 24.1 Å². The average Bonchev–Trinajstić information content (AvgIpc) is 3.48. The van der Waals surface area contributed by atoms with Gasteiger partial charge in [-0.1, -0.05) is 17.7 Å². The summed E-state index contributed by atoms with van der Waals surface area (Å²) in [6.45, 7) is -1.28. The van der Waals surface area contributed by atoms with Gasteiger partial charge in [0, 0.05) is 25.0 Å². The number of hydrogen-bond acceptors (Lipinski definition) is 6. The second-order valence-electron chi connectivity index (χ2n) is 7.55. The van der Waals surface area contributed by atoms with E-state index in [1.165, 1.54) is 18.2 Å². The fourth-order valence-electron chi connectivity index (χ4n) is 3.03. The van der Waals surface area contributed by atoms with Crippen LogP contribution in [0.4, 0.5) is 27.8 Å². The molecule has 3 N–H and O–H groups in total. The maximum atomic E-state index is 13.6. The SMILES string of the molecule is Cn1nc(OCC(F)F)c(C(F)(F)F)c1N=CC(=CN)c1ccc(Cl)c(C(=O)NC2(C#N)CC2)c1. The molecule has 2 aromatic rings. The molecule has 0 spiro atoms. The van der Waals surface area contributed by atoms with Crippen LogP contribution in [0.25, 0.3) is 5.57 Å². The van der Waals surface area contributed by atoms with Crippen molar-refractivity contribution in [2.75, 3.05) is 6.61 Å². The van der Waals surface area contributed by atoms with Crippen LogP contribution in [0.2, 0.25) is 5.02 Å². The van der Waals surface area contributed by atoms with Crippen molar-refractivity contribution in [1.82, 2.24) is 15.1 Å². The number of nitriles is 1. The van der Waals surface area contributed by atoms with Crippen molar-refractivity contribution in [1.29, 1.82) is 5.26 Å². The normalized spacial score (nSPS) is 15.3. The number of nitrogens with zero attached hydrogens (tertiary/aromatic N) is 4. The van der Waals surface area contributed by atoms with Gasteiger partial charge in [-0.25, -0.2) is 18.5 Å². The second-order valence-corrected chi connectivity index (χ2v) is 7.96. The number of nitrogens with two attached hydrogens (primary N) is 1. The number of halogens is 6. The van der Waals surface area contributed by atoms with Crippen LogP contribution in [0.1, 0.15) is 34.3 Å². The Labute approximate surface area is 200 Å². The molecule has 1 saturated carbocycles. The Morgan fingerprint density at radius 2 is 2.14 bits per heavy atom. The molecule has 0 unspecified atom stereocenters. The average molecular weight is 517 g/mol. The minimum Gasteiger partial charge on any atom is -0.470 e. The van der Waals surface area contributed by atoms with Gasteiger partial charge in [0.05, 0.1) is 16.7 Å². The first-order valence-corrected chi connectivity index (χ1v) is 10.3. The molecule has 1 amide bonds. The molecule has 1 aliphatic carbocycles. The number of ether oxygens (including phenoxy) is 1. The van der Waals surface area contributed by atoms with E-state index < -0.39 is 47.9 Å². The lowest BCUT2D eigenvalue weighted by Gasteiger charge is -2.12. The molecule has 0 bridgehead atoms. The summed E-state index contributed by atoms with van der Waals surface area (Å²) in [5.41, 5.74) is 3.68. The van der Waals surface area contributed by atoms with E-state index in [9.17, 15) is 32.0 Å². The summed E-state index contributed by atoms with van der Waals surface area (Å²) in [6.07, 6.45) is -4.97. The summed E-state index contributed by atoms with van der Waals surface area (Å²) in [4.78, 5) is 16.4. The lowest BCUT2D eigenvalue weighted by Crippen LogP contribution is -2.35. The van der Waals surface area contributed by atoms with Crippen LogP contribution < -0.4 is 15.8 Å². The van der Waals surface area contributed by atoms with Crippen LogP contribution in [0.3, 0.4) is 0 Å². The molecule has 0 atom stereocenters. The maximum Gasteiger partial charge on any atom is 0.425 e. The number of aliphatic imine (C=N–C) groups is 1. The predicted molar refractivity (Wildman–Crippen MR) is 117 cm³/mol. The van der Waals surface area contributed by atoms with Crippen LogP contribution >= 0.6 is 11.6 Å². The molecule has 1 aliphatic rings. The van der Waals surface area contributed by atoms with Gasteiger partial charge in [0.1, 0.15) is 5.54 Å². The summed E-state index contributed by atoms with van der Waals surface area (Å²) in [5.74, 6) is -2.35. The molecule has 1 heterocycles. The molecule has 0 saturated heterocycles. The van der Waals surface area contributed by atoms with Crippen molar-refractivity contribution in [3.8, 4) is 11.9 Å². The summed E-state index contributed by atoms with van der Waals surface area (Å²) in [6, 6.07) is 6.22. The molecular weight excluding hydrogens is 499 g/mol. The standard InChI is InChI=1S/C21H18ClF5N6O2/c1-33-17(16(21(25,26)27)19(32-33)35-9-15(23)24)30-8-12(7-28)11-2-3-14(22)13(6-11)18(34)31-20(10-29)4-5-20/h2-3,6-8,15H,4-5,9,28H2,1H3,(H,31,34). The Balaban J connectivity index is 1.93. The van der Waals surface area contributed by atoms with Crippen LogP contribution in [0.15, 0.2) is 29.4 Å². The molecule has 0 aliphatic heterocycles.